The van der Waals surface area contributed by atoms with E-state index in [0.29, 0.717) is 17.3 Å². The van der Waals surface area contributed by atoms with Gasteiger partial charge in [-0.2, -0.15) is 4.98 Å². The maximum atomic E-state index is 10.9. The maximum Gasteiger partial charge on any atom is 0.228 e. The van der Waals surface area contributed by atoms with Crippen molar-refractivity contribution in [2.24, 2.45) is 0 Å². The van der Waals surface area contributed by atoms with Crippen molar-refractivity contribution in [1.82, 2.24) is 9.97 Å². The molecular weight excluding hydrogens is 434 g/mol. The van der Waals surface area contributed by atoms with Gasteiger partial charge < -0.3 is 14.7 Å². The second-order valence-corrected chi connectivity index (χ2v) is 9.43. The lowest BCUT2D eigenvalue weighted by molar-refractivity contribution is 0.439. The van der Waals surface area contributed by atoms with Crippen LogP contribution in [-0.4, -0.2) is 28.2 Å². The summed E-state index contributed by atoms with van der Waals surface area (Å²) in [6.45, 7) is 1.93. The van der Waals surface area contributed by atoms with Gasteiger partial charge >= 0.3 is 0 Å². The van der Waals surface area contributed by atoms with E-state index in [1.807, 2.05) is 36.4 Å². The first kappa shape index (κ1) is 20.3. The summed E-state index contributed by atoms with van der Waals surface area (Å²) in [6, 6.07) is 24.3. The molecule has 2 aliphatic rings. The van der Waals surface area contributed by atoms with Crippen LogP contribution in [0.3, 0.4) is 0 Å². The van der Waals surface area contributed by atoms with Gasteiger partial charge in [0.05, 0.1) is 11.1 Å². The smallest absolute Gasteiger partial charge is 0.228 e. The van der Waals surface area contributed by atoms with Crippen LogP contribution in [0.4, 0.5) is 5.82 Å². The molecule has 5 nitrogen and oxygen atoms in total. The Bertz CT molecular complexity index is 1610. The second-order valence-electron chi connectivity index (χ2n) is 9.43. The highest BCUT2D eigenvalue weighted by Crippen LogP contribution is 2.45. The largest absolute Gasteiger partial charge is 0.507 e. The SMILES string of the molecule is Oc1ccc2ccccc2c1-c1nc2c(c(N3CCCCC3)n1)Cc1c(ccc3ccccc13)O2. The van der Waals surface area contributed by atoms with Gasteiger partial charge in [-0.1, -0.05) is 60.7 Å². The highest BCUT2D eigenvalue weighted by atomic mass is 16.5. The molecule has 4 aromatic carbocycles. The van der Waals surface area contributed by atoms with Crippen molar-refractivity contribution in [2.45, 2.75) is 25.7 Å². The van der Waals surface area contributed by atoms with Gasteiger partial charge in [0.1, 0.15) is 17.3 Å². The number of aromatic hydroxyl groups is 1. The van der Waals surface area contributed by atoms with E-state index in [1.165, 1.54) is 22.8 Å². The van der Waals surface area contributed by atoms with Crippen molar-refractivity contribution < 1.29 is 9.84 Å². The number of phenols is 1. The van der Waals surface area contributed by atoms with E-state index in [4.69, 9.17) is 14.7 Å². The number of hydrogen-bond donors (Lipinski definition) is 1. The van der Waals surface area contributed by atoms with Gasteiger partial charge in [-0.15, -0.1) is 0 Å². The average Bonchev–Trinajstić information content (AvgIpc) is 2.92. The summed E-state index contributed by atoms with van der Waals surface area (Å²) in [5, 5.41) is 15.3. The number of ether oxygens (including phenoxy) is 1. The second kappa shape index (κ2) is 7.98. The van der Waals surface area contributed by atoms with Crippen molar-refractivity contribution in [1.29, 1.82) is 0 Å². The fourth-order valence-corrected chi connectivity index (χ4v) is 5.54. The van der Waals surface area contributed by atoms with Gasteiger partial charge in [0, 0.05) is 25.1 Å². The highest BCUT2D eigenvalue weighted by Gasteiger charge is 2.29. The fraction of sp³-hybridized carbons (Fsp3) is 0.200. The molecule has 0 atom stereocenters. The third-order valence-corrected chi connectivity index (χ3v) is 7.29. The zero-order valence-electron chi connectivity index (χ0n) is 19.4. The van der Waals surface area contributed by atoms with Crippen LogP contribution >= 0.6 is 0 Å². The first-order valence-corrected chi connectivity index (χ1v) is 12.3. The third kappa shape index (κ3) is 3.30. The van der Waals surface area contributed by atoms with Crippen molar-refractivity contribution in [2.75, 3.05) is 18.0 Å². The molecule has 2 aliphatic heterocycles. The Hall–Kier alpha value is -4.12. The Morgan fingerprint density at radius 3 is 2.26 bits per heavy atom. The molecule has 0 aliphatic carbocycles. The summed E-state index contributed by atoms with van der Waals surface area (Å²) in [7, 11) is 0. The highest BCUT2D eigenvalue weighted by molar-refractivity contribution is 5.98. The Morgan fingerprint density at radius 1 is 0.714 bits per heavy atom. The number of phenolic OH excluding ortho intramolecular Hbond substituents is 1. The number of fused-ring (bicyclic) bond motifs is 5. The summed E-state index contributed by atoms with van der Waals surface area (Å²) in [5.74, 6) is 3.03. The molecule has 0 unspecified atom stereocenters. The topological polar surface area (TPSA) is 58.5 Å². The summed E-state index contributed by atoms with van der Waals surface area (Å²) in [4.78, 5) is 12.4. The van der Waals surface area contributed by atoms with Crippen molar-refractivity contribution in [3.05, 3.63) is 83.9 Å². The number of rotatable bonds is 2. The zero-order chi connectivity index (χ0) is 23.4. The van der Waals surface area contributed by atoms with Gasteiger partial charge in [0.25, 0.3) is 0 Å². The van der Waals surface area contributed by atoms with Gasteiger partial charge in [0.15, 0.2) is 5.82 Å². The first-order chi connectivity index (χ1) is 17.3. The molecule has 0 bridgehead atoms. The van der Waals surface area contributed by atoms with Crippen LogP contribution in [0.25, 0.3) is 32.9 Å². The third-order valence-electron chi connectivity index (χ3n) is 7.29. The molecule has 7 rings (SSSR count). The van der Waals surface area contributed by atoms with Crippen LogP contribution in [-0.2, 0) is 6.42 Å². The lowest BCUT2D eigenvalue weighted by Crippen LogP contribution is -2.32. The van der Waals surface area contributed by atoms with Crippen molar-refractivity contribution >= 4 is 27.4 Å². The van der Waals surface area contributed by atoms with E-state index in [0.717, 1.165) is 60.3 Å². The summed E-state index contributed by atoms with van der Waals surface area (Å²) in [5.41, 5.74) is 2.86. The summed E-state index contributed by atoms with van der Waals surface area (Å²) in [6.07, 6.45) is 4.26. The van der Waals surface area contributed by atoms with E-state index in [1.54, 1.807) is 6.07 Å². The Kier molecular flexibility index (Phi) is 4.62. The minimum absolute atomic E-state index is 0.176. The normalized spacial score (nSPS) is 15.0. The molecule has 1 N–H and O–H groups in total. The lowest BCUT2D eigenvalue weighted by atomic mass is 9.95. The average molecular weight is 460 g/mol. The first-order valence-electron chi connectivity index (χ1n) is 12.3. The monoisotopic (exact) mass is 459 g/mol. The van der Waals surface area contributed by atoms with Gasteiger partial charge in [-0.05, 0) is 52.9 Å². The van der Waals surface area contributed by atoms with Crippen LogP contribution in [0, 0.1) is 0 Å². The van der Waals surface area contributed by atoms with Gasteiger partial charge in [0.2, 0.25) is 5.88 Å². The van der Waals surface area contributed by atoms with Crippen LogP contribution in [0.2, 0.25) is 0 Å². The zero-order valence-corrected chi connectivity index (χ0v) is 19.4. The predicted octanol–water partition coefficient (Wildman–Crippen LogP) is 6.84. The van der Waals surface area contributed by atoms with E-state index in [9.17, 15) is 5.11 Å². The van der Waals surface area contributed by atoms with Crippen LogP contribution in [0.5, 0.6) is 17.4 Å². The van der Waals surface area contributed by atoms with Gasteiger partial charge in [-0.25, -0.2) is 4.98 Å². The summed E-state index contributed by atoms with van der Waals surface area (Å²) < 4.78 is 6.47. The van der Waals surface area contributed by atoms with E-state index in [2.05, 4.69) is 35.2 Å². The lowest BCUT2D eigenvalue weighted by Gasteiger charge is -2.32. The molecule has 5 heteroatoms. The molecule has 1 saturated heterocycles. The molecule has 0 saturated carbocycles. The molecule has 35 heavy (non-hydrogen) atoms. The molecular formula is C30H25N3O2. The van der Waals surface area contributed by atoms with Crippen molar-refractivity contribution in [3.8, 4) is 28.8 Å². The fourth-order valence-electron chi connectivity index (χ4n) is 5.54. The minimum atomic E-state index is 0.176. The number of piperidine rings is 1. The molecule has 5 aromatic rings. The molecule has 172 valence electrons. The standard InChI is InChI=1S/C30H25N3O2/c34-25-14-12-20-9-3-5-11-22(20)27(25)28-31-29(33-16-6-1-7-17-33)24-18-23-21-10-4-2-8-19(21)13-15-26(23)35-30(24)32-28/h2-5,8-15,34H,1,6-7,16-18H2. The molecule has 3 heterocycles. The quantitative estimate of drug-likeness (QED) is 0.307. The van der Waals surface area contributed by atoms with Crippen LogP contribution < -0.4 is 9.64 Å². The van der Waals surface area contributed by atoms with Crippen LogP contribution in [0.1, 0.15) is 30.4 Å². The number of anilines is 1. The van der Waals surface area contributed by atoms with Gasteiger partial charge in [-0.3, -0.25) is 0 Å². The molecule has 1 fully saturated rings. The number of nitrogens with zero attached hydrogens (tertiary/aromatic N) is 3. The molecule has 0 radical (unpaired) electrons. The van der Waals surface area contributed by atoms with Crippen LogP contribution in [0.15, 0.2) is 72.8 Å². The number of aromatic nitrogens is 2. The van der Waals surface area contributed by atoms with E-state index >= 15 is 0 Å². The van der Waals surface area contributed by atoms with E-state index < -0.39 is 0 Å². The predicted molar refractivity (Wildman–Crippen MR) is 140 cm³/mol. The molecule has 0 amide bonds. The number of hydrogen-bond acceptors (Lipinski definition) is 5. The summed E-state index contributed by atoms with van der Waals surface area (Å²) >= 11 is 0. The number of benzene rings is 4. The van der Waals surface area contributed by atoms with Crippen molar-refractivity contribution in [3.63, 3.8) is 0 Å². The van der Waals surface area contributed by atoms with E-state index in [-0.39, 0.29) is 5.75 Å². The minimum Gasteiger partial charge on any atom is -0.507 e. The molecule has 1 aromatic heterocycles. The molecule has 0 spiro atoms. The maximum absolute atomic E-state index is 10.9. The Balaban J connectivity index is 1.45. The Morgan fingerprint density at radius 2 is 1.43 bits per heavy atom. The Labute approximate surface area is 203 Å².